The number of carboxylic acids is 1. The van der Waals surface area contributed by atoms with Gasteiger partial charge < -0.3 is 10.4 Å². The Kier molecular flexibility index (Phi) is 5.07. The van der Waals surface area contributed by atoms with E-state index in [0.717, 1.165) is 22.5 Å². The van der Waals surface area contributed by atoms with E-state index in [0.29, 0.717) is 12.1 Å². The van der Waals surface area contributed by atoms with Gasteiger partial charge in [-0.2, -0.15) is 5.10 Å². The SMILES string of the molecule is Cc1ccc(NC(=O)C(C)Cc2c(C)nn(C)c2C)c(C(=O)O)c1. The summed E-state index contributed by atoms with van der Waals surface area (Å²) in [7, 11) is 1.88. The van der Waals surface area contributed by atoms with E-state index in [4.69, 9.17) is 0 Å². The van der Waals surface area contributed by atoms with Crippen molar-refractivity contribution in [1.29, 1.82) is 0 Å². The van der Waals surface area contributed by atoms with Crippen molar-refractivity contribution >= 4 is 17.6 Å². The number of carbonyl (C=O) groups is 2. The minimum Gasteiger partial charge on any atom is -0.478 e. The number of nitrogens with zero attached hydrogens (tertiary/aromatic N) is 2. The largest absolute Gasteiger partial charge is 0.478 e. The molecule has 6 nitrogen and oxygen atoms in total. The second-order valence-corrected chi connectivity index (χ2v) is 6.22. The third kappa shape index (κ3) is 3.64. The van der Waals surface area contributed by atoms with E-state index in [1.807, 2.05) is 34.7 Å². The summed E-state index contributed by atoms with van der Waals surface area (Å²) < 4.78 is 1.80. The molecule has 2 aromatic rings. The summed E-state index contributed by atoms with van der Waals surface area (Å²) >= 11 is 0. The van der Waals surface area contributed by atoms with Gasteiger partial charge in [0.15, 0.2) is 0 Å². The van der Waals surface area contributed by atoms with Crippen LogP contribution in [-0.2, 0) is 18.3 Å². The van der Waals surface area contributed by atoms with Gasteiger partial charge in [-0.15, -0.1) is 0 Å². The zero-order valence-electron chi connectivity index (χ0n) is 14.7. The summed E-state index contributed by atoms with van der Waals surface area (Å²) in [6, 6.07) is 4.96. The first kappa shape index (κ1) is 17.7. The number of carbonyl (C=O) groups excluding carboxylic acids is 1. The molecule has 0 aliphatic carbocycles. The maximum Gasteiger partial charge on any atom is 0.337 e. The third-order valence-electron chi connectivity index (χ3n) is 4.28. The molecule has 1 amide bonds. The molecule has 0 radical (unpaired) electrons. The van der Waals surface area contributed by atoms with Crippen molar-refractivity contribution in [3.63, 3.8) is 0 Å². The Hall–Kier alpha value is -2.63. The van der Waals surface area contributed by atoms with E-state index in [9.17, 15) is 14.7 Å². The minimum atomic E-state index is -1.05. The molecular formula is C18H23N3O3. The highest BCUT2D eigenvalue weighted by Crippen LogP contribution is 2.21. The van der Waals surface area contributed by atoms with Crippen molar-refractivity contribution in [2.24, 2.45) is 13.0 Å². The van der Waals surface area contributed by atoms with Crippen LogP contribution in [0.3, 0.4) is 0 Å². The summed E-state index contributed by atoms with van der Waals surface area (Å²) in [6.07, 6.45) is 0.561. The molecule has 24 heavy (non-hydrogen) atoms. The van der Waals surface area contributed by atoms with Crippen molar-refractivity contribution in [2.45, 2.75) is 34.1 Å². The van der Waals surface area contributed by atoms with E-state index in [-0.39, 0.29) is 17.4 Å². The molecule has 0 bridgehead atoms. The van der Waals surface area contributed by atoms with E-state index >= 15 is 0 Å². The quantitative estimate of drug-likeness (QED) is 0.883. The third-order valence-corrected chi connectivity index (χ3v) is 4.28. The van der Waals surface area contributed by atoms with Crippen LogP contribution in [-0.4, -0.2) is 26.8 Å². The molecule has 0 spiro atoms. The number of carboxylic acid groups (broad SMARTS) is 1. The summed E-state index contributed by atoms with van der Waals surface area (Å²) in [5.41, 5.74) is 4.27. The van der Waals surface area contributed by atoms with E-state index in [2.05, 4.69) is 10.4 Å². The van der Waals surface area contributed by atoms with Crippen LogP contribution >= 0.6 is 0 Å². The molecule has 1 aromatic carbocycles. The van der Waals surface area contributed by atoms with Gasteiger partial charge in [0.1, 0.15) is 0 Å². The number of aromatic carboxylic acids is 1. The zero-order chi connectivity index (χ0) is 18.0. The number of aromatic nitrogens is 2. The van der Waals surface area contributed by atoms with E-state index < -0.39 is 5.97 Å². The Morgan fingerprint density at radius 1 is 1.29 bits per heavy atom. The van der Waals surface area contributed by atoms with Crippen LogP contribution in [0.4, 0.5) is 5.69 Å². The minimum absolute atomic E-state index is 0.101. The number of aryl methyl sites for hydroxylation is 3. The lowest BCUT2D eigenvalue weighted by Gasteiger charge is -2.14. The highest BCUT2D eigenvalue weighted by Gasteiger charge is 2.20. The summed E-state index contributed by atoms with van der Waals surface area (Å²) in [4.78, 5) is 23.8. The molecular weight excluding hydrogens is 306 g/mol. The Labute approximate surface area is 141 Å². The van der Waals surface area contributed by atoms with Crippen molar-refractivity contribution in [3.05, 3.63) is 46.3 Å². The Bertz CT molecular complexity index is 793. The summed E-state index contributed by atoms with van der Waals surface area (Å²) in [5.74, 6) is -1.56. The summed E-state index contributed by atoms with van der Waals surface area (Å²) in [5, 5.41) is 16.4. The van der Waals surface area contributed by atoms with Gasteiger partial charge in [0.2, 0.25) is 5.91 Å². The lowest BCUT2D eigenvalue weighted by Crippen LogP contribution is -2.23. The maximum atomic E-state index is 12.5. The van der Waals surface area contributed by atoms with Crippen molar-refractivity contribution < 1.29 is 14.7 Å². The number of benzene rings is 1. The number of amides is 1. The molecule has 0 fully saturated rings. The predicted octanol–water partition coefficient (Wildman–Crippen LogP) is 2.86. The van der Waals surface area contributed by atoms with Gasteiger partial charge in [-0.1, -0.05) is 18.6 Å². The fourth-order valence-electron chi connectivity index (χ4n) is 2.71. The first-order valence-electron chi connectivity index (χ1n) is 7.84. The van der Waals surface area contributed by atoms with Crippen LogP contribution in [0.1, 0.15) is 39.8 Å². The monoisotopic (exact) mass is 329 g/mol. The lowest BCUT2D eigenvalue weighted by atomic mass is 9.98. The lowest BCUT2D eigenvalue weighted by molar-refractivity contribution is -0.119. The molecule has 6 heteroatoms. The Balaban J connectivity index is 2.16. The van der Waals surface area contributed by atoms with Gasteiger partial charge in [-0.25, -0.2) is 4.79 Å². The average Bonchev–Trinajstić information content (AvgIpc) is 2.75. The van der Waals surface area contributed by atoms with Gasteiger partial charge in [0.25, 0.3) is 0 Å². The number of anilines is 1. The Morgan fingerprint density at radius 2 is 1.96 bits per heavy atom. The van der Waals surface area contributed by atoms with Crippen molar-refractivity contribution in [1.82, 2.24) is 9.78 Å². The molecule has 2 rings (SSSR count). The average molecular weight is 329 g/mol. The zero-order valence-corrected chi connectivity index (χ0v) is 14.7. The summed E-state index contributed by atoms with van der Waals surface area (Å²) in [6.45, 7) is 7.54. The first-order valence-corrected chi connectivity index (χ1v) is 7.84. The molecule has 1 heterocycles. The molecule has 0 saturated heterocycles. The molecule has 128 valence electrons. The molecule has 0 aliphatic heterocycles. The number of nitrogens with one attached hydrogen (secondary N) is 1. The maximum absolute atomic E-state index is 12.5. The highest BCUT2D eigenvalue weighted by molar-refractivity contribution is 6.01. The van der Waals surface area contributed by atoms with Crippen LogP contribution in [0.15, 0.2) is 18.2 Å². The standard InChI is InChI=1S/C18H23N3O3/c1-10-6-7-16(15(8-10)18(23)24)19-17(22)11(2)9-14-12(3)20-21(5)13(14)4/h6-8,11H,9H2,1-5H3,(H,19,22)(H,23,24). The molecule has 0 saturated carbocycles. The molecule has 1 aromatic heterocycles. The van der Waals surface area contributed by atoms with Crippen LogP contribution in [0.2, 0.25) is 0 Å². The van der Waals surface area contributed by atoms with Gasteiger partial charge in [0, 0.05) is 18.7 Å². The highest BCUT2D eigenvalue weighted by atomic mass is 16.4. The predicted molar refractivity (Wildman–Crippen MR) is 92.3 cm³/mol. The van der Waals surface area contributed by atoms with Gasteiger partial charge in [-0.05, 0) is 44.9 Å². The van der Waals surface area contributed by atoms with Gasteiger partial charge >= 0.3 is 5.97 Å². The molecule has 1 unspecified atom stereocenters. The van der Waals surface area contributed by atoms with Crippen LogP contribution in [0.25, 0.3) is 0 Å². The van der Waals surface area contributed by atoms with Crippen LogP contribution < -0.4 is 5.32 Å². The number of rotatable bonds is 5. The Morgan fingerprint density at radius 3 is 2.50 bits per heavy atom. The van der Waals surface area contributed by atoms with Crippen molar-refractivity contribution in [2.75, 3.05) is 5.32 Å². The van der Waals surface area contributed by atoms with Gasteiger partial charge in [0.05, 0.1) is 16.9 Å². The number of hydrogen-bond acceptors (Lipinski definition) is 3. The van der Waals surface area contributed by atoms with E-state index in [1.54, 1.807) is 22.9 Å². The molecule has 1 atom stereocenters. The smallest absolute Gasteiger partial charge is 0.337 e. The topological polar surface area (TPSA) is 84.2 Å². The molecule has 2 N–H and O–H groups in total. The first-order chi connectivity index (χ1) is 11.2. The van der Waals surface area contributed by atoms with Gasteiger partial charge in [-0.3, -0.25) is 9.48 Å². The second kappa shape index (κ2) is 6.86. The number of hydrogen-bond donors (Lipinski definition) is 2. The fraction of sp³-hybridized carbons (Fsp3) is 0.389. The van der Waals surface area contributed by atoms with Crippen LogP contribution in [0, 0.1) is 26.7 Å². The van der Waals surface area contributed by atoms with Crippen LogP contribution in [0.5, 0.6) is 0 Å². The molecule has 0 aliphatic rings. The van der Waals surface area contributed by atoms with Crippen molar-refractivity contribution in [3.8, 4) is 0 Å². The second-order valence-electron chi connectivity index (χ2n) is 6.22. The fourth-order valence-corrected chi connectivity index (χ4v) is 2.71. The van der Waals surface area contributed by atoms with E-state index in [1.165, 1.54) is 0 Å². The normalized spacial score (nSPS) is 12.0.